The zero-order valence-electron chi connectivity index (χ0n) is 11.3. The standard InChI is InChI=1S/C12H21F6N/c1-4-7-19-9(6-5-8(2)3)10(11(13,14)15)12(16,17)18/h8-10,19H,4-7H2,1-3H3. The van der Waals surface area contributed by atoms with Crippen LogP contribution in [0.25, 0.3) is 0 Å². The highest BCUT2D eigenvalue weighted by atomic mass is 19.4. The Labute approximate surface area is 109 Å². The quantitative estimate of drug-likeness (QED) is 0.680. The number of nitrogens with one attached hydrogen (secondary N) is 1. The van der Waals surface area contributed by atoms with Crippen molar-refractivity contribution in [3.05, 3.63) is 0 Å². The minimum absolute atomic E-state index is 0.0630. The first kappa shape index (κ1) is 18.5. The van der Waals surface area contributed by atoms with Crippen LogP contribution in [-0.2, 0) is 0 Å². The highest BCUT2D eigenvalue weighted by molar-refractivity contribution is 4.87. The summed E-state index contributed by atoms with van der Waals surface area (Å²) < 4.78 is 75.9. The van der Waals surface area contributed by atoms with Crippen LogP contribution in [0.5, 0.6) is 0 Å². The molecule has 0 fully saturated rings. The summed E-state index contributed by atoms with van der Waals surface area (Å²) in [6.45, 7) is 5.38. The van der Waals surface area contributed by atoms with E-state index in [0.717, 1.165) is 0 Å². The molecule has 0 spiro atoms. The molecule has 0 bridgehead atoms. The van der Waals surface area contributed by atoms with Crippen molar-refractivity contribution in [1.29, 1.82) is 0 Å². The molecule has 0 rings (SSSR count). The van der Waals surface area contributed by atoms with Gasteiger partial charge in [-0.25, -0.2) is 0 Å². The lowest BCUT2D eigenvalue weighted by Gasteiger charge is -2.31. The van der Waals surface area contributed by atoms with Gasteiger partial charge in [0.05, 0.1) is 0 Å². The summed E-state index contributed by atoms with van der Waals surface area (Å²) >= 11 is 0. The molecular weight excluding hydrogens is 272 g/mol. The van der Waals surface area contributed by atoms with E-state index in [-0.39, 0.29) is 18.9 Å². The van der Waals surface area contributed by atoms with E-state index in [1.165, 1.54) is 0 Å². The first-order valence-electron chi connectivity index (χ1n) is 6.37. The molecule has 0 aromatic carbocycles. The first-order valence-corrected chi connectivity index (χ1v) is 6.37. The van der Waals surface area contributed by atoms with Crippen LogP contribution in [-0.4, -0.2) is 24.9 Å². The first-order chi connectivity index (χ1) is 8.50. The summed E-state index contributed by atoms with van der Waals surface area (Å²) in [5.41, 5.74) is 0. The van der Waals surface area contributed by atoms with Gasteiger partial charge in [0.15, 0.2) is 5.92 Å². The molecule has 0 saturated carbocycles. The lowest BCUT2D eigenvalue weighted by Crippen LogP contribution is -2.51. The molecule has 0 heterocycles. The largest absolute Gasteiger partial charge is 0.401 e. The molecule has 1 nitrogen and oxygen atoms in total. The summed E-state index contributed by atoms with van der Waals surface area (Å²) in [6.07, 6.45) is -9.88. The third kappa shape index (κ3) is 7.03. The van der Waals surface area contributed by atoms with E-state index in [9.17, 15) is 26.3 Å². The Kier molecular flexibility index (Phi) is 7.18. The zero-order valence-corrected chi connectivity index (χ0v) is 11.3. The lowest BCUT2D eigenvalue weighted by atomic mass is 9.91. The predicted molar refractivity (Wildman–Crippen MR) is 61.8 cm³/mol. The Hall–Kier alpha value is -0.460. The van der Waals surface area contributed by atoms with Gasteiger partial charge in [0.1, 0.15) is 0 Å². The van der Waals surface area contributed by atoms with Gasteiger partial charge in [-0.2, -0.15) is 26.3 Å². The molecule has 0 amide bonds. The maximum absolute atomic E-state index is 12.7. The normalized spacial score (nSPS) is 15.3. The van der Waals surface area contributed by atoms with Gasteiger partial charge in [0, 0.05) is 6.04 Å². The topological polar surface area (TPSA) is 12.0 Å². The second-order valence-corrected chi connectivity index (χ2v) is 5.09. The van der Waals surface area contributed by atoms with Crippen molar-refractivity contribution in [2.75, 3.05) is 6.54 Å². The van der Waals surface area contributed by atoms with Crippen molar-refractivity contribution in [3.8, 4) is 0 Å². The molecule has 0 aromatic rings. The maximum atomic E-state index is 12.7. The fourth-order valence-electron chi connectivity index (χ4n) is 1.87. The van der Waals surface area contributed by atoms with Crippen molar-refractivity contribution >= 4 is 0 Å². The summed E-state index contributed by atoms with van der Waals surface area (Å²) in [5, 5.41) is 2.40. The fraction of sp³-hybridized carbons (Fsp3) is 1.00. The number of alkyl halides is 6. The van der Waals surface area contributed by atoms with Crippen molar-refractivity contribution in [2.24, 2.45) is 11.8 Å². The van der Waals surface area contributed by atoms with Crippen LogP contribution in [0.15, 0.2) is 0 Å². The van der Waals surface area contributed by atoms with Crippen LogP contribution in [0.3, 0.4) is 0 Å². The summed E-state index contributed by atoms with van der Waals surface area (Å²) in [5.74, 6) is -3.24. The Bertz CT molecular complexity index is 232. The molecule has 0 aliphatic carbocycles. The Morgan fingerprint density at radius 2 is 1.37 bits per heavy atom. The van der Waals surface area contributed by atoms with E-state index >= 15 is 0 Å². The van der Waals surface area contributed by atoms with Crippen LogP contribution < -0.4 is 5.32 Å². The number of rotatable bonds is 7. The van der Waals surface area contributed by atoms with Gasteiger partial charge in [-0.3, -0.25) is 0 Å². The van der Waals surface area contributed by atoms with Crippen molar-refractivity contribution in [2.45, 2.75) is 58.4 Å². The van der Waals surface area contributed by atoms with Gasteiger partial charge >= 0.3 is 12.4 Å². The lowest BCUT2D eigenvalue weighted by molar-refractivity contribution is -0.292. The van der Waals surface area contributed by atoms with Gasteiger partial charge in [0.25, 0.3) is 0 Å². The van der Waals surface area contributed by atoms with Crippen molar-refractivity contribution in [1.82, 2.24) is 5.32 Å². The Balaban J connectivity index is 5.01. The van der Waals surface area contributed by atoms with Crippen LogP contribution in [0.4, 0.5) is 26.3 Å². The Morgan fingerprint density at radius 1 is 0.895 bits per heavy atom. The molecular formula is C12H21F6N. The third-order valence-electron chi connectivity index (χ3n) is 2.82. The average molecular weight is 293 g/mol. The highest BCUT2D eigenvalue weighted by Gasteiger charge is 2.59. The monoisotopic (exact) mass is 293 g/mol. The van der Waals surface area contributed by atoms with Gasteiger partial charge < -0.3 is 5.32 Å². The molecule has 7 heteroatoms. The number of hydrogen-bond donors (Lipinski definition) is 1. The second kappa shape index (κ2) is 7.36. The molecule has 1 atom stereocenters. The van der Waals surface area contributed by atoms with E-state index in [4.69, 9.17) is 0 Å². The third-order valence-corrected chi connectivity index (χ3v) is 2.82. The predicted octanol–water partition coefficient (Wildman–Crippen LogP) is 4.53. The second-order valence-electron chi connectivity index (χ2n) is 5.09. The molecule has 19 heavy (non-hydrogen) atoms. The van der Waals surface area contributed by atoms with Crippen molar-refractivity contribution in [3.63, 3.8) is 0 Å². The molecule has 0 aromatic heterocycles. The Morgan fingerprint density at radius 3 is 1.68 bits per heavy atom. The van der Waals surface area contributed by atoms with Gasteiger partial charge in [-0.15, -0.1) is 0 Å². The van der Waals surface area contributed by atoms with Gasteiger partial charge in [-0.1, -0.05) is 20.8 Å². The molecule has 0 aliphatic heterocycles. The minimum atomic E-state index is -5.28. The van der Waals surface area contributed by atoms with E-state index in [1.807, 2.05) is 0 Å². The van der Waals surface area contributed by atoms with Crippen LogP contribution in [0, 0.1) is 11.8 Å². The average Bonchev–Trinajstić information content (AvgIpc) is 2.17. The van der Waals surface area contributed by atoms with Crippen LogP contribution in [0.2, 0.25) is 0 Å². The molecule has 0 aliphatic rings. The van der Waals surface area contributed by atoms with E-state index in [0.29, 0.717) is 12.8 Å². The molecule has 0 radical (unpaired) electrons. The molecule has 116 valence electrons. The van der Waals surface area contributed by atoms with Crippen LogP contribution in [0.1, 0.15) is 40.0 Å². The SMILES string of the molecule is CCCNC(CCC(C)C)C(C(F)(F)F)C(F)(F)F. The van der Waals surface area contributed by atoms with Crippen LogP contribution >= 0.6 is 0 Å². The number of halogens is 6. The number of hydrogen-bond acceptors (Lipinski definition) is 1. The highest BCUT2D eigenvalue weighted by Crippen LogP contribution is 2.42. The minimum Gasteiger partial charge on any atom is -0.313 e. The smallest absolute Gasteiger partial charge is 0.313 e. The van der Waals surface area contributed by atoms with E-state index in [2.05, 4.69) is 5.32 Å². The maximum Gasteiger partial charge on any atom is 0.401 e. The summed E-state index contributed by atoms with van der Waals surface area (Å²) in [7, 11) is 0. The van der Waals surface area contributed by atoms with E-state index in [1.54, 1.807) is 20.8 Å². The zero-order chi connectivity index (χ0) is 15.3. The van der Waals surface area contributed by atoms with Gasteiger partial charge in [-0.05, 0) is 31.7 Å². The molecule has 0 saturated heterocycles. The van der Waals surface area contributed by atoms with Gasteiger partial charge in [0.2, 0.25) is 0 Å². The van der Waals surface area contributed by atoms with Crippen molar-refractivity contribution < 1.29 is 26.3 Å². The fourth-order valence-corrected chi connectivity index (χ4v) is 1.87. The summed E-state index contributed by atoms with van der Waals surface area (Å²) in [6, 6.07) is -1.61. The summed E-state index contributed by atoms with van der Waals surface area (Å²) in [4.78, 5) is 0. The van der Waals surface area contributed by atoms with E-state index < -0.39 is 24.3 Å². The molecule has 1 unspecified atom stereocenters. The molecule has 1 N–H and O–H groups in total.